The highest BCUT2D eigenvalue weighted by Crippen LogP contribution is 2.34. The minimum Gasteiger partial charge on any atom is -0.486 e. The van der Waals surface area contributed by atoms with E-state index in [1.54, 1.807) is 24.7 Å². The molecule has 2 aliphatic rings. The minimum absolute atomic E-state index is 0.0585. The number of likely N-dealkylation sites (N-methyl/N-ethyl adjacent to an activating group) is 1. The summed E-state index contributed by atoms with van der Waals surface area (Å²) in [5.74, 6) is -7.24. The van der Waals surface area contributed by atoms with Gasteiger partial charge < -0.3 is 25.2 Å². The van der Waals surface area contributed by atoms with Crippen molar-refractivity contribution in [2.24, 2.45) is 5.92 Å². The first-order chi connectivity index (χ1) is 25.8. The molecule has 0 spiro atoms. The number of ether oxygens (including phenoxy) is 1. The first-order valence-corrected chi connectivity index (χ1v) is 18.7. The highest BCUT2D eigenvalue weighted by Gasteiger charge is 2.52. The number of amides is 4. The summed E-state index contributed by atoms with van der Waals surface area (Å²) in [6.07, 6.45) is 6.35. The lowest BCUT2D eigenvalue weighted by Crippen LogP contribution is -2.57. The average molecular weight is 754 g/mol. The van der Waals surface area contributed by atoms with E-state index in [9.17, 15) is 23.6 Å². The molecule has 1 aromatic heterocycles. The average Bonchev–Trinajstić information content (AvgIpc) is 3.73. The van der Waals surface area contributed by atoms with Gasteiger partial charge in [0.15, 0.2) is 0 Å². The molecule has 3 heterocycles. The number of halogens is 3. The van der Waals surface area contributed by atoms with Crippen LogP contribution in [0.1, 0.15) is 86.8 Å². The van der Waals surface area contributed by atoms with Crippen molar-refractivity contribution >= 4 is 23.6 Å². The number of aromatic nitrogens is 3. The van der Waals surface area contributed by atoms with Gasteiger partial charge in [0.05, 0.1) is 18.3 Å². The van der Waals surface area contributed by atoms with Gasteiger partial charge in [-0.25, -0.2) is 13.2 Å². The molecular weight excluding hydrogens is 703 g/mol. The molecule has 292 valence electrons. The third-order valence-corrected chi connectivity index (χ3v) is 9.80. The molecule has 0 saturated carbocycles. The fourth-order valence-corrected chi connectivity index (χ4v) is 6.93. The number of benzene rings is 2. The molecule has 3 aromatic rings. The zero-order valence-electron chi connectivity index (χ0n) is 31.1. The van der Waals surface area contributed by atoms with E-state index in [1.165, 1.54) is 13.1 Å². The summed E-state index contributed by atoms with van der Waals surface area (Å²) < 4.78 is 52.4. The summed E-state index contributed by atoms with van der Waals surface area (Å²) in [5.41, 5.74) is 1.15. The van der Waals surface area contributed by atoms with E-state index in [4.69, 9.17) is 4.74 Å². The number of rotatable bonds is 4. The molecule has 54 heavy (non-hydrogen) atoms. The Labute approximate surface area is 313 Å². The maximum atomic E-state index is 15.2. The second kappa shape index (κ2) is 18.4. The van der Waals surface area contributed by atoms with E-state index in [0.717, 1.165) is 66.0 Å². The Morgan fingerprint density at radius 1 is 0.963 bits per heavy atom. The van der Waals surface area contributed by atoms with Gasteiger partial charge in [-0.2, -0.15) is 0 Å². The first kappa shape index (κ1) is 40.2. The van der Waals surface area contributed by atoms with Crippen LogP contribution in [0.4, 0.5) is 13.2 Å². The lowest BCUT2D eigenvalue weighted by molar-refractivity contribution is -0.147. The molecule has 2 aromatic carbocycles. The summed E-state index contributed by atoms with van der Waals surface area (Å²) in [6.45, 7) is 3.48. The molecule has 0 aliphatic carbocycles. The van der Waals surface area contributed by atoms with Crippen molar-refractivity contribution < 1.29 is 37.1 Å². The number of nitrogens with one attached hydrogen (secondary N) is 2. The number of nitrogens with zero attached hydrogens (tertiary/aromatic N) is 5. The molecule has 0 radical (unpaired) electrons. The summed E-state index contributed by atoms with van der Waals surface area (Å²) >= 11 is 0. The Hall–Kier alpha value is -4.95. The monoisotopic (exact) mass is 753 g/mol. The quantitative estimate of drug-likeness (QED) is 0.386. The predicted octanol–water partition coefficient (Wildman–Crippen LogP) is 4.92. The fourth-order valence-electron chi connectivity index (χ4n) is 6.93. The van der Waals surface area contributed by atoms with Crippen LogP contribution in [0.3, 0.4) is 0 Å². The maximum Gasteiger partial charge on any atom is 0.267 e. The molecule has 12 nitrogen and oxygen atoms in total. The van der Waals surface area contributed by atoms with Gasteiger partial charge in [-0.3, -0.25) is 23.9 Å². The normalized spacial score (nSPS) is 22.6. The van der Waals surface area contributed by atoms with Crippen molar-refractivity contribution in [3.05, 3.63) is 77.4 Å². The number of hydrogen-bond donors (Lipinski definition) is 2. The molecule has 0 unspecified atom stereocenters. The first-order valence-electron chi connectivity index (χ1n) is 18.7. The van der Waals surface area contributed by atoms with Gasteiger partial charge in [0.25, 0.3) is 11.8 Å². The van der Waals surface area contributed by atoms with E-state index in [0.29, 0.717) is 18.8 Å². The van der Waals surface area contributed by atoms with Crippen LogP contribution in [-0.2, 0) is 34.0 Å². The molecule has 1 saturated heterocycles. The van der Waals surface area contributed by atoms with Gasteiger partial charge >= 0.3 is 0 Å². The topological polar surface area (TPSA) is 139 Å². The van der Waals surface area contributed by atoms with Crippen LogP contribution in [0, 0.1) is 11.7 Å². The second-order valence-electron chi connectivity index (χ2n) is 14.7. The number of hydrogen-bond acceptors (Lipinski definition) is 7. The van der Waals surface area contributed by atoms with Gasteiger partial charge in [0.2, 0.25) is 17.7 Å². The van der Waals surface area contributed by atoms with Crippen LogP contribution in [0.25, 0.3) is 0 Å². The van der Waals surface area contributed by atoms with Crippen molar-refractivity contribution in [2.45, 2.75) is 109 Å². The Kier molecular flexibility index (Phi) is 13.7. The van der Waals surface area contributed by atoms with Gasteiger partial charge in [0.1, 0.15) is 42.0 Å². The number of carbonyl (C=O) groups is 4. The number of aryl methyl sites for hydroxylation is 1. The Morgan fingerprint density at radius 3 is 2.43 bits per heavy atom. The van der Waals surface area contributed by atoms with Crippen molar-refractivity contribution in [3.63, 3.8) is 0 Å². The van der Waals surface area contributed by atoms with Crippen LogP contribution in [0.15, 0.2) is 54.7 Å². The van der Waals surface area contributed by atoms with E-state index in [-0.39, 0.29) is 36.7 Å². The Balaban J connectivity index is 1.45. The molecule has 2 N–H and O–H groups in total. The molecule has 2 bridgehead atoms. The fraction of sp³-hybridized carbons (Fsp3) is 0.538. The van der Waals surface area contributed by atoms with Crippen LogP contribution in [-0.4, -0.2) is 92.6 Å². The van der Waals surface area contributed by atoms with Crippen LogP contribution >= 0.6 is 0 Å². The zero-order valence-corrected chi connectivity index (χ0v) is 31.1. The molecule has 3 atom stereocenters. The lowest BCUT2D eigenvalue weighted by Gasteiger charge is -2.34. The van der Waals surface area contributed by atoms with Crippen molar-refractivity contribution in [2.75, 3.05) is 20.1 Å². The summed E-state index contributed by atoms with van der Waals surface area (Å²) in [7, 11) is 1.40. The Morgan fingerprint density at radius 2 is 1.69 bits per heavy atom. The predicted molar refractivity (Wildman–Crippen MR) is 194 cm³/mol. The summed E-state index contributed by atoms with van der Waals surface area (Å²) in [6, 6.07) is 8.47. The SMILES string of the molecule is CC(C)C[C@H]1NC(=O)c2ccc(F)cc2OCc2cn(nn2)CCCCCCCCNC(=O)[C@H](Cc2ccccc2)N(C)C(=O)[C@H]2CC(F)(F)CN2C1=O. The standard InChI is InChI=1S/C39H50F3N7O5/c1-26(2)19-31-37(52)49-25-39(41,42)22-33(49)38(53)47(3)32(20-27-13-9-8-10-14-27)36(51)43-17-11-6-4-5-7-12-18-48-23-29(45-46-48)24-54-34-21-28(40)15-16-30(34)35(50)44-31/h8-10,13-16,21,23,26,31-33H,4-7,11-12,17-20,22,24-25H2,1-3H3,(H,43,51)(H,44,50)/t31-,32+,33-/m1/s1. The summed E-state index contributed by atoms with van der Waals surface area (Å²) in [4.78, 5) is 57.8. The van der Waals surface area contributed by atoms with Gasteiger partial charge in [0, 0.05) is 39.0 Å². The second-order valence-corrected chi connectivity index (χ2v) is 14.7. The minimum atomic E-state index is -3.40. The van der Waals surface area contributed by atoms with Crippen LogP contribution < -0.4 is 15.4 Å². The zero-order chi connectivity index (χ0) is 38.8. The van der Waals surface area contributed by atoms with Crippen LogP contribution in [0.2, 0.25) is 0 Å². The smallest absolute Gasteiger partial charge is 0.267 e. The third-order valence-electron chi connectivity index (χ3n) is 9.80. The number of fused-ring (bicyclic) bond motifs is 4. The molecule has 5 rings (SSSR count). The van der Waals surface area contributed by atoms with Crippen molar-refractivity contribution in [1.29, 1.82) is 0 Å². The summed E-state index contributed by atoms with van der Waals surface area (Å²) in [5, 5.41) is 13.9. The Bertz CT molecular complexity index is 1750. The molecule has 4 amide bonds. The number of alkyl halides is 2. The van der Waals surface area contributed by atoms with E-state index < -0.39 is 66.5 Å². The third kappa shape index (κ3) is 10.8. The molecule has 1 fully saturated rings. The highest BCUT2D eigenvalue weighted by atomic mass is 19.3. The number of carbonyl (C=O) groups excluding carboxylic acids is 4. The maximum absolute atomic E-state index is 15.2. The molecular formula is C39H50F3N7O5. The van der Waals surface area contributed by atoms with Gasteiger partial charge in [-0.1, -0.05) is 75.1 Å². The lowest BCUT2D eigenvalue weighted by atomic mass is 10.0. The van der Waals surface area contributed by atoms with E-state index in [2.05, 4.69) is 20.9 Å². The van der Waals surface area contributed by atoms with Crippen molar-refractivity contribution in [3.8, 4) is 5.75 Å². The largest absolute Gasteiger partial charge is 0.486 e. The van der Waals surface area contributed by atoms with E-state index >= 15 is 8.78 Å². The van der Waals surface area contributed by atoms with Crippen LogP contribution in [0.5, 0.6) is 5.75 Å². The van der Waals surface area contributed by atoms with Crippen molar-refractivity contribution in [1.82, 2.24) is 35.4 Å². The van der Waals surface area contributed by atoms with Gasteiger partial charge in [-0.15, -0.1) is 5.10 Å². The molecule has 2 aliphatic heterocycles. The van der Waals surface area contributed by atoms with E-state index in [1.807, 2.05) is 30.3 Å². The van der Waals surface area contributed by atoms with Gasteiger partial charge in [-0.05, 0) is 42.9 Å². The highest BCUT2D eigenvalue weighted by molar-refractivity contribution is 6.00. The molecule has 15 heteroatoms.